The molecule has 0 saturated carbocycles. The first kappa shape index (κ1) is 12.1. The summed E-state index contributed by atoms with van der Waals surface area (Å²) in [6.07, 6.45) is 3.79. The number of ether oxygens (including phenoxy) is 3. The Kier molecular flexibility index (Phi) is 2.97. The van der Waals surface area contributed by atoms with Crippen molar-refractivity contribution in [3.05, 3.63) is 17.2 Å². The third-order valence-electron chi connectivity index (χ3n) is 3.82. The van der Waals surface area contributed by atoms with Gasteiger partial charge in [0.25, 0.3) is 0 Å². The Morgan fingerprint density at radius 2 is 1.95 bits per heavy atom. The molecule has 5 heteroatoms. The summed E-state index contributed by atoms with van der Waals surface area (Å²) >= 11 is 0. The van der Waals surface area contributed by atoms with Crippen molar-refractivity contribution in [2.75, 3.05) is 21.3 Å². The molecule has 0 unspecified atom stereocenters. The van der Waals surface area contributed by atoms with Crippen LogP contribution in [0.15, 0.2) is 11.2 Å². The topological polar surface area (TPSA) is 49.3 Å². The van der Waals surface area contributed by atoms with E-state index in [9.17, 15) is 0 Å². The number of oxime groups is 1. The first-order chi connectivity index (χ1) is 9.30. The van der Waals surface area contributed by atoms with E-state index in [2.05, 4.69) is 5.16 Å². The van der Waals surface area contributed by atoms with E-state index >= 15 is 0 Å². The highest BCUT2D eigenvalue weighted by Gasteiger charge is 2.37. The SMILES string of the molecule is COc1cc2c(c(OC)c1OC)CC[C@@H]1C=NO[C@@H]21. The average molecular weight is 263 g/mol. The van der Waals surface area contributed by atoms with Crippen LogP contribution in [0.2, 0.25) is 0 Å². The number of fused-ring (bicyclic) bond motifs is 3. The molecule has 0 N–H and O–H groups in total. The van der Waals surface area contributed by atoms with Crippen LogP contribution in [0, 0.1) is 5.92 Å². The van der Waals surface area contributed by atoms with Crippen molar-refractivity contribution in [1.82, 2.24) is 0 Å². The summed E-state index contributed by atoms with van der Waals surface area (Å²) in [5.41, 5.74) is 2.22. The van der Waals surface area contributed by atoms with Gasteiger partial charge in [0.05, 0.1) is 27.5 Å². The van der Waals surface area contributed by atoms with Crippen LogP contribution in [-0.4, -0.2) is 27.5 Å². The molecule has 0 fully saturated rings. The molecule has 19 heavy (non-hydrogen) atoms. The van der Waals surface area contributed by atoms with E-state index in [1.165, 1.54) is 0 Å². The molecule has 3 rings (SSSR count). The summed E-state index contributed by atoms with van der Waals surface area (Å²) in [5, 5.41) is 3.94. The minimum atomic E-state index is -0.0301. The fourth-order valence-electron chi connectivity index (χ4n) is 2.91. The lowest BCUT2D eigenvalue weighted by molar-refractivity contribution is 0.0535. The normalized spacial score (nSPS) is 23.3. The van der Waals surface area contributed by atoms with Crippen molar-refractivity contribution in [3.63, 3.8) is 0 Å². The summed E-state index contributed by atoms with van der Waals surface area (Å²) in [7, 11) is 4.89. The molecule has 1 aliphatic heterocycles. The van der Waals surface area contributed by atoms with E-state index in [0.29, 0.717) is 17.4 Å². The quantitative estimate of drug-likeness (QED) is 0.839. The zero-order valence-corrected chi connectivity index (χ0v) is 11.3. The second kappa shape index (κ2) is 4.64. The molecule has 5 nitrogen and oxygen atoms in total. The Morgan fingerprint density at radius 3 is 2.63 bits per heavy atom. The van der Waals surface area contributed by atoms with Crippen LogP contribution in [0.1, 0.15) is 23.7 Å². The summed E-state index contributed by atoms with van der Waals surface area (Å²) in [6, 6.07) is 1.97. The molecule has 2 aliphatic rings. The lowest BCUT2D eigenvalue weighted by Crippen LogP contribution is -2.20. The van der Waals surface area contributed by atoms with Crippen molar-refractivity contribution in [3.8, 4) is 17.2 Å². The first-order valence-electron chi connectivity index (χ1n) is 6.31. The summed E-state index contributed by atoms with van der Waals surface area (Å²) in [4.78, 5) is 5.47. The lowest BCUT2D eigenvalue weighted by Gasteiger charge is -2.28. The van der Waals surface area contributed by atoms with Gasteiger partial charge in [-0.2, -0.15) is 0 Å². The molecule has 0 saturated heterocycles. The van der Waals surface area contributed by atoms with Gasteiger partial charge >= 0.3 is 0 Å². The van der Waals surface area contributed by atoms with Gasteiger partial charge in [-0.3, -0.25) is 0 Å². The van der Waals surface area contributed by atoms with Gasteiger partial charge in [-0.15, -0.1) is 0 Å². The maximum absolute atomic E-state index is 5.52. The Bertz CT molecular complexity index is 527. The van der Waals surface area contributed by atoms with Crippen molar-refractivity contribution in [2.24, 2.45) is 11.1 Å². The predicted molar refractivity (Wildman–Crippen MR) is 70.2 cm³/mol. The van der Waals surface area contributed by atoms with Gasteiger partial charge in [0.15, 0.2) is 17.6 Å². The molecule has 0 amide bonds. The van der Waals surface area contributed by atoms with Gasteiger partial charge in [0.2, 0.25) is 5.75 Å². The van der Waals surface area contributed by atoms with Crippen molar-refractivity contribution < 1.29 is 19.0 Å². The minimum absolute atomic E-state index is 0.0301. The molecule has 0 spiro atoms. The average Bonchev–Trinajstić information content (AvgIpc) is 2.93. The maximum Gasteiger partial charge on any atom is 0.203 e. The number of nitrogens with zero attached hydrogens (tertiary/aromatic N) is 1. The Labute approximate surface area is 112 Å². The molecule has 0 bridgehead atoms. The molecule has 0 radical (unpaired) electrons. The van der Waals surface area contributed by atoms with Crippen LogP contribution < -0.4 is 14.2 Å². The first-order valence-corrected chi connectivity index (χ1v) is 6.31. The molecule has 1 aromatic carbocycles. The fraction of sp³-hybridized carbons (Fsp3) is 0.500. The Balaban J connectivity index is 2.17. The fourth-order valence-corrected chi connectivity index (χ4v) is 2.91. The Hall–Kier alpha value is -1.91. The smallest absolute Gasteiger partial charge is 0.203 e. The van der Waals surface area contributed by atoms with Crippen LogP contribution >= 0.6 is 0 Å². The van der Waals surface area contributed by atoms with Crippen LogP contribution in [0.4, 0.5) is 0 Å². The van der Waals surface area contributed by atoms with E-state index < -0.39 is 0 Å². The number of methoxy groups -OCH3 is 3. The number of hydrogen-bond acceptors (Lipinski definition) is 5. The minimum Gasteiger partial charge on any atom is -0.493 e. The van der Waals surface area contributed by atoms with Crippen molar-refractivity contribution >= 4 is 6.21 Å². The van der Waals surface area contributed by atoms with E-state index in [0.717, 1.165) is 29.7 Å². The highest BCUT2D eigenvalue weighted by atomic mass is 16.6. The third kappa shape index (κ3) is 1.72. The lowest BCUT2D eigenvalue weighted by atomic mass is 9.81. The Morgan fingerprint density at radius 1 is 1.16 bits per heavy atom. The van der Waals surface area contributed by atoms with Crippen LogP contribution in [0.25, 0.3) is 0 Å². The summed E-state index contributed by atoms with van der Waals surface area (Å²) in [5.74, 6) is 2.39. The van der Waals surface area contributed by atoms with Gasteiger partial charge in [-0.05, 0) is 18.9 Å². The van der Waals surface area contributed by atoms with Gasteiger partial charge in [0.1, 0.15) is 0 Å². The van der Waals surface area contributed by atoms with Crippen LogP contribution in [-0.2, 0) is 11.3 Å². The molecule has 2 atom stereocenters. The molecule has 1 aliphatic carbocycles. The molecule has 102 valence electrons. The summed E-state index contributed by atoms with van der Waals surface area (Å²) in [6.45, 7) is 0. The van der Waals surface area contributed by atoms with Gasteiger partial charge in [-0.1, -0.05) is 5.16 Å². The predicted octanol–water partition coefficient (Wildman–Crippen LogP) is 2.33. The van der Waals surface area contributed by atoms with Gasteiger partial charge in [-0.25, -0.2) is 0 Å². The summed E-state index contributed by atoms with van der Waals surface area (Å²) < 4.78 is 16.3. The van der Waals surface area contributed by atoms with E-state index in [1.807, 2.05) is 12.3 Å². The van der Waals surface area contributed by atoms with Crippen LogP contribution in [0.3, 0.4) is 0 Å². The van der Waals surface area contributed by atoms with E-state index in [4.69, 9.17) is 19.0 Å². The van der Waals surface area contributed by atoms with Crippen molar-refractivity contribution in [2.45, 2.75) is 18.9 Å². The van der Waals surface area contributed by atoms with E-state index in [1.54, 1.807) is 21.3 Å². The van der Waals surface area contributed by atoms with Crippen molar-refractivity contribution in [1.29, 1.82) is 0 Å². The zero-order chi connectivity index (χ0) is 13.4. The molecular formula is C14H17NO4. The van der Waals surface area contributed by atoms with Gasteiger partial charge in [0, 0.05) is 17.0 Å². The zero-order valence-electron chi connectivity index (χ0n) is 11.3. The molecule has 1 aromatic rings. The largest absolute Gasteiger partial charge is 0.493 e. The van der Waals surface area contributed by atoms with Gasteiger partial charge < -0.3 is 19.0 Å². The monoisotopic (exact) mass is 263 g/mol. The molecule has 0 aromatic heterocycles. The van der Waals surface area contributed by atoms with Crippen LogP contribution in [0.5, 0.6) is 17.2 Å². The second-order valence-corrected chi connectivity index (χ2v) is 4.70. The second-order valence-electron chi connectivity index (χ2n) is 4.70. The highest BCUT2D eigenvalue weighted by molar-refractivity contribution is 5.67. The molecule has 1 heterocycles. The maximum atomic E-state index is 5.52. The third-order valence-corrected chi connectivity index (χ3v) is 3.82. The molecular weight excluding hydrogens is 246 g/mol. The number of benzene rings is 1. The number of rotatable bonds is 3. The standard InChI is InChI=1S/C14H17NO4/c1-16-11-6-10-9(13(17-2)14(11)18-3)5-4-8-7-15-19-12(8)10/h6-8,12H,4-5H2,1-3H3/t8-,12-/m1/s1. The number of hydrogen-bond donors (Lipinski definition) is 0. The van der Waals surface area contributed by atoms with E-state index in [-0.39, 0.29) is 6.10 Å². The highest BCUT2D eigenvalue weighted by Crippen LogP contribution is 2.49.